The number of amides is 1. The van der Waals surface area contributed by atoms with Gasteiger partial charge in [0.25, 0.3) is 5.91 Å². The molecular formula is C13H23N5O2. The van der Waals surface area contributed by atoms with Crippen LogP contribution >= 0.6 is 0 Å². The first kappa shape index (κ1) is 16.3. The van der Waals surface area contributed by atoms with Gasteiger partial charge in [-0.05, 0) is 25.1 Å². The van der Waals surface area contributed by atoms with E-state index in [9.17, 15) is 4.79 Å². The predicted octanol–water partition coefficient (Wildman–Crippen LogP) is -0.0200. The number of aromatic nitrogens is 2. The van der Waals surface area contributed by atoms with Crippen LogP contribution in [-0.2, 0) is 4.74 Å². The van der Waals surface area contributed by atoms with Crippen molar-refractivity contribution in [3.05, 3.63) is 17.8 Å². The smallest absolute Gasteiger partial charge is 0.273 e. The molecule has 0 saturated heterocycles. The summed E-state index contributed by atoms with van der Waals surface area (Å²) in [6.45, 7) is 2.72. The lowest BCUT2D eigenvalue weighted by atomic mass is 10.3. The number of nitrogens with two attached hydrogens (primary N) is 1. The Bertz CT molecular complexity index is 400. The van der Waals surface area contributed by atoms with Crippen molar-refractivity contribution in [1.29, 1.82) is 0 Å². The molecule has 1 rings (SSSR count). The topological polar surface area (TPSA) is 84.6 Å². The minimum Gasteiger partial charge on any atom is -0.383 e. The maximum atomic E-state index is 11.7. The summed E-state index contributed by atoms with van der Waals surface area (Å²) in [6.07, 6.45) is 0.865. The van der Waals surface area contributed by atoms with Crippen molar-refractivity contribution in [3.63, 3.8) is 0 Å². The van der Waals surface area contributed by atoms with E-state index in [1.54, 1.807) is 33.3 Å². The maximum absolute atomic E-state index is 11.7. The van der Waals surface area contributed by atoms with Crippen molar-refractivity contribution in [2.75, 3.05) is 52.3 Å². The monoisotopic (exact) mass is 281 g/mol. The number of methoxy groups -OCH3 is 1. The Morgan fingerprint density at radius 1 is 1.30 bits per heavy atom. The molecule has 0 fully saturated rings. The molecule has 0 bridgehead atoms. The third kappa shape index (κ3) is 4.75. The molecule has 0 radical (unpaired) electrons. The quantitative estimate of drug-likeness (QED) is 0.721. The average Bonchev–Trinajstić information content (AvgIpc) is 2.47. The lowest BCUT2D eigenvalue weighted by molar-refractivity contribution is 0.0821. The summed E-state index contributed by atoms with van der Waals surface area (Å²) >= 11 is 0. The minimum atomic E-state index is -0.158. The summed E-state index contributed by atoms with van der Waals surface area (Å²) in [7, 11) is 5.03. The molecule has 0 spiro atoms. The summed E-state index contributed by atoms with van der Waals surface area (Å²) < 4.78 is 5.09. The van der Waals surface area contributed by atoms with Crippen LogP contribution in [0.3, 0.4) is 0 Å². The maximum Gasteiger partial charge on any atom is 0.273 e. The molecule has 0 aliphatic heterocycles. The van der Waals surface area contributed by atoms with Crippen molar-refractivity contribution in [3.8, 4) is 0 Å². The molecule has 0 saturated carbocycles. The Morgan fingerprint density at radius 3 is 2.55 bits per heavy atom. The standard InChI is InChI=1S/C13H23N5O2/c1-17(2)13(19)11-5-6-12(16-15-11)18(8-4-7-14)9-10-20-3/h5-6H,4,7-10,14H2,1-3H3. The minimum absolute atomic E-state index is 0.158. The molecule has 7 nitrogen and oxygen atoms in total. The first-order valence-electron chi connectivity index (χ1n) is 6.59. The highest BCUT2D eigenvalue weighted by Crippen LogP contribution is 2.10. The highest BCUT2D eigenvalue weighted by Gasteiger charge is 2.12. The third-order valence-electron chi connectivity index (χ3n) is 2.80. The molecule has 0 aliphatic carbocycles. The summed E-state index contributed by atoms with van der Waals surface area (Å²) in [6, 6.07) is 3.49. The molecule has 1 aromatic rings. The number of anilines is 1. The van der Waals surface area contributed by atoms with Crippen LogP contribution in [0.4, 0.5) is 5.82 Å². The van der Waals surface area contributed by atoms with Crippen LogP contribution in [0.1, 0.15) is 16.9 Å². The van der Waals surface area contributed by atoms with Crippen LogP contribution in [0, 0.1) is 0 Å². The van der Waals surface area contributed by atoms with Crippen molar-refractivity contribution in [2.45, 2.75) is 6.42 Å². The van der Waals surface area contributed by atoms with Crippen LogP contribution in [0.5, 0.6) is 0 Å². The largest absolute Gasteiger partial charge is 0.383 e. The average molecular weight is 281 g/mol. The number of ether oxygens (including phenoxy) is 1. The number of hydrogen-bond donors (Lipinski definition) is 1. The Hall–Kier alpha value is -1.73. The van der Waals surface area contributed by atoms with Gasteiger partial charge in [-0.3, -0.25) is 4.79 Å². The first-order valence-corrected chi connectivity index (χ1v) is 6.59. The van der Waals surface area contributed by atoms with E-state index in [1.165, 1.54) is 4.90 Å². The molecule has 2 N–H and O–H groups in total. The molecule has 1 heterocycles. The second-order valence-corrected chi connectivity index (χ2v) is 4.60. The molecule has 1 aromatic heterocycles. The van der Waals surface area contributed by atoms with Crippen LogP contribution in [-0.4, -0.2) is 68.5 Å². The van der Waals surface area contributed by atoms with Gasteiger partial charge in [0.15, 0.2) is 11.5 Å². The summed E-state index contributed by atoms with van der Waals surface area (Å²) in [4.78, 5) is 15.3. The Kier molecular flexibility index (Phi) is 6.89. The summed E-state index contributed by atoms with van der Waals surface area (Å²) in [5.74, 6) is 0.570. The molecule has 7 heteroatoms. The van der Waals surface area contributed by atoms with Gasteiger partial charge < -0.3 is 20.3 Å². The number of hydrogen-bond acceptors (Lipinski definition) is 6. The molecular weight excluding hydrogens is 258 g/mol. The van der Waals surface area contributed by atoms with Gasteiger partial charge in [-0.25, -0.2) is 0 Å². The van der Waals surface area contributed by atoms with Gasteiger partial charge in [0.2, 0.25) is 0 Å². The molecule has 20 heavy (non-hydrogen) atoms. The van der Waals surface area contributed by atoms with Gasteiger partial charge in [-0.2, -0.15) is 0 Å². The number of rotatable bonds is 8. The number of carbonyl (C=O) groups excluding carboxylic acids is 1. The zero-order valence-electron chi connectivity index (χ0n) is 12.4. The Balaban J connectivity index is 2.78. The second-order valence-electron chi connectivity index (χ2n) is 4.60. The summed E-state index contributed by atoms with van der Waals surface area (Å²) in [5.41, 5.74) is 5.87. The van der Waals surface area contributed by atoms with Crippen LogP contribution in [0.15, 0.2) is 12.1 Å². The molecule has 0 atom stereocenters. The molecule has 1 amide bonds. The highest BCUT2D eigenvalue weighted by atomic mass is 16.5. The molecule has 0 unspecified atom stereocenters. The van der Waals surface area contributed by atoms with Crippen LogP contribution in [0.2, 0.25) is 0 Å². The SMILES string of the molecule is COCCN(CCCN)c1ccc(C(=O)N(C)C)nn1. The van der Waals surface area contributed by atoms with Gasteiger partial charge in [0.05, 0.1) is 6.61 Å². The molecule has 0 aromatic carbocycles. The van der Waals surface area contributed by atoms with E-state index in [0.717, 1.165) is 18.8 Å². The fraction of sp³-hybridized carbons (Fsp3) is 0.615. The highest BCUT2D eigenvalue weighted by molar-refractivity contribution is 5.91. The normalized spacial score (nSPS) is 10.4. The van der Waals surface area contributed by atoms with E-state index < -0.39 is 0 Å². The lowest BCUT2D eigenvalue weighted by Crippen LogP contribution is -2.31. The Morgan fingerprint density at radius 2 is 2.05 bits per heavy atom. The van der Waals surface area contributed by atoms with Gasteiger partial charge in [-0.1, -0.05) is 0 Å². The fourth-order valence-corrected chi connectivity index (χ4v) is 1.66. The number of nitrogens with zero attached hydrogens (tertiary/aromatic N) is 4. The second kappa shape index (κ2) is 8.44. The van der Waals surface area contributed by atoms with Crippen molar-refractivity contribution in [1.82, 2.24) is 15.1 Å². The van der Waals surface area contributed by atoms with Crippen LogP contribution in [0.25, 0.3) is 0 Å². The van der Waals surface area contributed by atoms with Crippen molar-refractivity contribution in [2.24, 2.45) is 5.73 Å². The summed E-state index contributed by atoms with van der Waals surface area (Å²) in [5, 5.41) is 8.10. The van der Waals surface area contributed by atoms with Gasteiger partial charge >= 0.3 is 0 Å². The van der Waals surface area contributed by atoms with Gasteiger partial charge in [0, 0.05) is 34.3 Å². The lowest BCUT2D eigenvalue weighted by Gasteiger charge is -2.22. The van der Waals surface area contributed by atoms with Crippen LogP contribution < -0.4 is 10.6 Å². The molecule has 112 valence electrons. The number of carbonyl (C=O) groups is 1. The first-order chi connectivity index (χ1) is 9.60. The van der Waals surface area contributed by atoms with Crippen molar-refractivity contribution < 1.29 is 9.53 Å². The molecule has 0 aliphatic rings. The van der Waals surface area contributed by atoms with E-state index in [4.69, 9.17) is 10.5 Å². The Labute approximate surface area is 119 Å². The van der Waals surface area contributed by atoms with E-state index in [0.29, 0.717) is 25.4 Å². The predicted molar refractivity (Wildman–Crippen MR) is 77.8 cm³/mol. The van der Waals surface area contributed by atoms with Gasteiger partial charge in [-0.15, -0.1) is 10.2 Å². The zero-order valence-corrected chi connectivity index (χ0v) is 12.4. The van der Waals surface area contributed by atoms with Gasteiger partial charge in [0.1, 0.15) is 0 Å². The van der Waals surface area contributed by atoms with E-state index in [1.807, 2.05) is 4.90 Å². The van der Waals surface area contributed by atoms with Crippen molar-refractivity contribution >= 4 is 11.7 Å². The van der Waals surface area contributed by atoms with E-state index in [2.05, 4.69) is 10.2 Å². The van der Waals surface area contributed by atoms with E-state index >= 15 is 0 Å². The third-order valence-corrected chi connectivity index (χ3v) is 2.80. The fourth-order valence-electron chi connectivity index (χ4n) is 1.66. The zero-order chi connectivity index (χ0) is 15.0. The van der Waals surface area contributed by atoms with E-state index in [-0.39, 0.29) is 5.91 Å².